The molecule has 1 saturated heterocycles. The van der Waals surface area contributed by atoms with E-state index in [4.69, 9.17) is 14.2 Å². The van der Waals surface area contributed by atoms with Crippen molar-refractivity contribution in [2.45, 2.75) is 120 Å². The first-order valence-corrected chi connectivity index (χ1v) is 14.8. The molecule has 0 radical (unpaired) electrons. The van der Waals surface area contributed by atoms with Gasteiger partial charge >= 0.3 is 11.9 Å². The van der Waals surface area contributed by atoms with Crippen LogP contribution in [0.5, 0.6) is 0 Å². The molecule has 11 atom stereocenters. The number of cyclic esters (lactones) is 1. The van der Waals surface area contributed by atoms with Crippen LogP contribution in [0.2, 0.25) is 0 Å². The Kier molecular flexibility index (Phi) is 6.17. The molecular weight excluding hydrogens is 532 g/mol. The first-order chi connectivity index (χ1) is 19.0. The molecule has 0 aromatic rings. The molecule has 0 bridgehead atoms. The molecule has 1 spiro atoms. The third-order valence-electron chi connectivity index (χ3n) is 12.6. The van der Waals surface area contributed by atoms with Crippen LogP contribution in [-0.4, -0.2) is 85.5 Å². The number of allylic oxidation sites excluding steroid dienone is 1. The van der Waals surface area contributed by atoms with E-state index < -0.39 is 69.4 Å². The molecule has 10 heteroatoms. The molecule has 41 heavy (non-hydrogen) atoms. The van der Waals surface area contributed by atoms with Crippen LogP contribution in [0, 0.1) is 22.7 Å². The maximum absolute atomic E-state index is 13.5. The van der Waals surface area contributed by atoms with Crippen LogP contribution in [0.4, 0.5) is 0 Å². The summed E-state index contributed by atoms with van der Waals surface area (Å²) < 4.78 is 17.2. The number of ether oxygens (including phenoxy) is 3. The number of aliphatic hydroxyl groups is 4. The summed E-state index contributed by atoms with van der Waals surface area (Å²) in [6.07, 6.45) is 1.89. The van der Waals surface area contributed by atoms with Gasteiger partial charge in [-0.2, -0.15) is 0 Å². The highest BCUT2D eigenvalue weighted by Crippen LogP contribution is 2.75. The molecular formula is C31H42O10. The van der Waals surface area contributed by atoms with Crippen LogP contribution in [0.15, 0.2) is 23.3 Å². The molecule has 6 aliphatic rings. The Morgan fingerprint density at radius 1 is 1.17 bits per heavy atom. The second kappa shape index (κ2) is 8.72. The summed E-state index contributed by atoms with van der Waals surface area (Å²) >= 11 is 0. The highest BCUT2D eigenvalue weighted by Gasteiger charge is 2.84. The molecule has 6 rings (SSSR count). The number of hydrogen-bond acceptors (Lipinski definition) is 10. The number of carbonyl (C=O) groups is 3. The van der Waals surface area contributed by atoms with E-state index in [2.05, 4.69) is 0 Å². The SMILES string of the molecule is CC(=O)OCC[C@]12CC[C@H]3[C@@H](C[C@H]4O[C@]45[C@@H](O)C=CC(=O)[C@]35C)[C@]1(O)CC[C@@]2(O)C(C)(O)[C@H]1CC(C)=C(C)C(=O)O1. The van der Waals surface area contributed by atoms with Crippen LogP contribution < -0.4 is 0 Å². The Morgan fingerprint density at radius 3 is 2.54 bits per heavy atom. The number of hydrogen-bond donors (Lipinski definition) is 4. The lowest BCUT2D eigenvalue weighted by atomic mass is 9.41. The van der Waals surface area contributed by atoms with Crippen molar-refractivity contribution in [2.75, 3.05) is 6.61 Å². The van der Waals surface area contributed by atoms with Gasteiger partial charge in [-0.05, 0) is 90.2 Å². The number of aliphatic hydroxyl groups excluding tert-OH is 1. The molecule has 1 unspecified atom stereocenters. The summed E-state index contributed by atoms with van der Waals surface area (Å²) in [6.45, 7) is 7.95. The Hall–Kier alpha value is -2.11. The van der Waals surface area contributed by atoms with Gasteiger partial charge in [0.15, 0.2) is 5.78 Å². The molecule has 3 saturated carbocycles. The Bertz CT molecular complexity index is 1270. The fraction of sp³-hybridized carbons (Fsp3) is 0.774. The summed E-state index contributed by atoms with van der Waals surface area (Å²) in [5.41, 5.74) is -7.70. The molecule has 4 N–H and O–H groups in total. The lowest BCUT2D eigenvalue weighted by Crippen LogP contribution is -2.74. The standard InChI is InChI=1S/C31H42O10/c1-16-14-23(40-25(35)17(16)2)27(5,36)30(38)11-10-29(37)20-15-24-31(41-24)22(34)7-6-21(33)26(31,4)19(20)8-9-28(29,30)12-13-39-18(3)32/h6-7,19-20,22-24,34,36-38H,8-15H2,1-5H3/t19-,20+,22-,23+,24+,26-,27?,28+,29+,30+,31+/m0/s1. The number of ketones is 1. The van der Waals surface area contributed by atoms with Crippen molar-refractivity contribution in [3.8, 4) is 0 Å². The monoisotopic (exact) mass is 574 g/mol. The number of esters is 2. The highest BCUT2D eigenvalue weighted by molar-refractivity contribution is 5.98. The van der Waals surface area contributed by atoms with Crippen molar-refractivity contribution in [3.63, 3.8) is 0 Å². The van der Waals surface area contributed by atoms with Gasteiger partial charge in [-0.3, -0.25) is 9.59 Å². The lowest BCUT2D eigenvalue weighted by Gasteiger charge is -2.64. The van der Waals surface area contributed by atoms with Gasteiger partial charge in [0.05, 0.1) is 23.7 Å². The van der Waals surface area contributed by atoms with Gasteiger partial charge in [0.25, 0.3) is 0 Å². The second-order valence-corrected chi connectivity index (χ2v) is 13.9. The van der Waals surface area contributed by atoms with Gasteiger partial charge in [-0.25, -0.2) is 4.79 Å². The topological polar surface area (TPSA) is 163 Å². The van der Waals surface area contributed by atoms with E-state index in [9.17, 15) is 34.8 Å². The summed E-state index contributed by atoms with van der Waals surface area (Å²) in [7, 11) is 0. The zero-order valence-electron chi connectivity index (χ0n) is 24.4. The molecule has 4 aliphatic carbocycles. The third-order valence-corrected chi connectivity index (χ3v) is 12.6. The normalized spacial score (nSPS) is 49.7. The van der Waals surface area contributed by atoms with E-state index >= 15 is 0 Å². The van der Waals surface area contributed by atoms with Gasteiger partial charge < -0.3 is 34.6 Å². The first-order valence-electron chi connectivity index (χ1n) is 14.8. The van der Waals surface area contributed by atoms with E-state index in [0.717, 1.165) is 5.57 Å². The molecule has 0 amide bonds. The van der Waals surface area contributed by atoms with Gasteiger partial charge in [0, 0.05) is 24.3 Å². The van der Waals surface area contributed by atoms with Gasteiger partial charge in [0.2, 0.25) is 0 Å². The number of epoxide rings is 1. The highest BCUT2D eigenvalue weighted by atomic mass is 16.6. The quantitative estimate of drug-likeness (QED) is 0.281. The fourth-order valence-corrected chi connectivity index (χ4v) is 10.1. The fourth-order valence-electron chi connectivity index (χ4n) is 10.1. The average Bonchev–Trinajstić information content (AvgIpc) is 3.59. The van der Waals surface area contributed by atoms with Gasteiger partial charge in [0.1, 0.15) is 29.0 Å². The number of fused-ring (bicyclic) bond motifs is 4. The number of rotatable bonds is 5. The Balaban J connectivity index is 1.44. The van der Waals surface area contributed by atoms with Crippen molar-refractivity contribution in [1.82, 2.24) is 0 Å². The van der Waals surface area contributed by atoms with Gasteiger partial charge in [-0.15, -0.1) is 0 Å². The van der Waals surface area contributed by atoms with Crippen LogP contribution in [0.25, 0.3) is 0 Å². The van der Waals surface area contributed by atoms with Crippen molar-refractivity contribution in [2.24, 2.45) is 22.7 Å². The lowest BCUT2D eigenvalue weighted by molar-refractivity contribution is -0.292. The van der Waals surface area contributed by atoms with Crippen molar-refractivity contribution >= 4 is 17.7 Å². The molecule has 2 heterocycles. The van der Waals surface area contributed by atoms with E-state index in [1.54, 1.807) is 13.8 Å². The Labute approximate surface area is 239 Å². The Morgan fingerprint density at radius 2 is 1.88 bits per heavy atom. The van der Waals surface area contributed by atoms with Crippen LogP contribution in [0.3, 0.4) is 0 Å². The van der Waals surface area contributed by atoms with Crippen molar-refractivity contribution < 1.29 is 49.0 Å². The van der Waals surface area contributed by atoms with Crippen LogP contribution >= 0.6 is 0 Å². The third kappa shape index (κ3) is 3.28. The van der Waals surface area contributed by atoms with E-state index in [0.29, 0.717) is 18.4 Å². The minimum atomic E-state index is -1.96. The molecule has 2 aliphatic heterocycles. The smallest absolute Gasteiger partial charge is 0.334 e. The summed E-state index contributed by atoms with van der Waals surface area (Å²) in [4.78, 5) is 37.9. The summed E-state index contributed by atoms with van der Waals surface area (Å²) in [5, 5.41) is 48.8. The molecule has 10 nitrogen and oxygen atoms in total. The van der Waals surface area contributed by atoms with Gasteiger partial charge in [-0.1, -0.05) is 5.57 Å². The average molecular weight is 575 g/mol. The van der Waals surface area contributed by atoms with E-state index in [1.807, 2.05) is 6.92 Å². The largest absolute Gasteiger partial charge is 0.466 e. The minimum absolute atomic E-state index is 0.0133. The minimum Gasteiger partial charge on any atom is -0.466 e. The van der Waals surface area contributed by atoms with Crippen LogP contribution in [-0.2, 0) is 28.6 Å². The molecule has 0 aromatic heterocycles. The van der Waals surface area contributed by atoms with Crippen LogP contribution in [0.1, 0.15) is 79.6 Å². The predicted molar refractivity (Wildman–Crippen MR) is 143 cm³/mol. The maximum atomic E-state index is 13.5. The van der Waals surface area contributed by atoms with Crippen molar-refractivity contribution in [1.29, 1.82) is 0 Å². The molecule has 4 fully saturated rings. The van der Waals surface area contributed by atoms with Crippen molar-refractivity contribution in [3.05, 3.63) is 23.3 Å². The zero-order valence-corrected chi connectivity index (χ0v) is 24.4. The first kappa shape index (κ1) is 29.0. The maximum Gasteiger partial charge on any atom is 0.334 e. The predicted octanol–water partition coefficient (Wildman–Crippen LogP) is 1.66. The summed E-state index contributed by atoms with van der Waals surface area (Å²) in [6, 6.07) is 0. The number of carbonyl (C=O) groups excluding carboxylic acids is 3. The zero-order chi connectivity index (χ0) is 30.0. The van der Waals surface area contributed by atoms with E-state index in [1.165, 1.54) is 26.0 Å². The summed E-state index contributed by atoms with van der Waals surface area (Å²) in [5.74, 6) is -2.06. The molecule has 226 valence electrons. The molecule has 0 aromatic carbocycles. The second-order valence-electron chi connectivity index (χ2n) is 13.9. The van der Waals surface area contributed by atoms with E-state index in [-0.39, 0.29) is 50.4 Å².